The number of aromatic nitrogens is 2. The maximum atomic E-state index is 12.9. The number of hydrogen-bond acceptors (Lipinski definition) is 8. The van der Waals surface area contributed by atoms with Crippen molar-refractivity contribution in [2.24, 2.45) is 0 Å². The molecule has 1 aromatic carbocycles. The standard InChI is InChI=1S/C21H16N4O5S/c26-19-12(11-30-17-4-3-13(25(28)29)8-14(17)19)9-24-6-5-16-15(10-24)21(27)23-20(22-16)18-2-1-7-31-18/h1-4,7-8,11H,5-6,9-10H2,(H,22,23,27). The predicted molar refractivity (Wildman–Crippen MR) is 115 cm³/mol. The minimum absolute atomic E-state index is 0.164. The number of hydrogen-bond donors (Lipinski definition) is 1. The zero-order chi connectivity index (χ0) is 21.5. The molecular weight excluding hydrogens is 420 g/mol. The summed E-state index contributed by atoms with van der Waals surface area (Å²) in [5, 5.41) is 13.1. The van der Waals surface area contributed by atoms with E-state index in [1.54, 1.807) is 0 Å². The van der Waals surface area contributed by atoms with Gasteiger partial charge >= 0.3 is 0 Å². The van der Waals surface area contributed by atoms with Crippen LogP contribution in [-0.2, 0) is 19.5 Å². The summed E-state index contributed by atoms with van der Waals surface area (Å²) >= 11 is 1.51. The normalized spacial score (nSPS) is 13.9. The van der Waals surface area contributed by atoms with Crippen LogP contribution in [0.5, 0.6) is 0 Å². The molecular formula is C21H16N4O5S. The summed E-state index contributed by atoms with van der Waals surface area (Å²) in [6.45, 7) is 1.25. The quantitative estimate of drug-likeness (QED) is 0.385. The van der Waals surface area contributed by atoms with Crippen molar-refractivity contribution in [2.45, 2.75) is 19.5 Å². The lowest BCUT2D eigenvalue weighted by Crippen LogP contribution is -2.36. The monoisotopic (exact) mass is 436 g/mol. The summed E-state index contributed by atoms with van der Waals surface area (Å²) < 4.78 is 5.52. The van der Waals surface area contributed by atoms with Gasteiger partial charge in [0.05, 0.1) is 32.7 Å². The van der Waals surface area contributed by atoms with Crippen molar-refractivity contribution in [3.8, 4) is 10.7 Å². The van der Waals surface area contributed by atoms with Gasteiger partial charge in [-0.25, -0.2) is 4.98 Å². The van der Waals surface area contributed by atoms with Gasteiger partial charge in [0, 0.05) is 43.8 Å². The fourth-order valence-electron chi connectivity index (χ4n) is 3.77. The van der Waals surface area contributed by atoms with E-state index in [0.29, 0.717) is 42.0 Å². The van der Waals surface area contributed by atoms with E-state index in [1.807, 2.05) is 22.4 Å². The summed E-state index contributed by atoms with van der Waals surface area (Å²) in [5.41, 5.74) is 1.39. The van der Waals surface area contributed by atoms with Gasteiger partial charge in [0.15, 0.2) is 11.3 Å². The number of benzene rings is 1. The van der Waals surface area contributed by atoms with E-state index in [2.05, 4.69) is 9.97 Å². The third kappa shape index (κ3) is 3.56. The molecule has 10 heteroatoms. The van der Waals surface area contributed by atoms with Crippen LogP contribution in [0.4, 0.5) is 5.69 Å². The largest absolute Gasteiger partial charge is 0.464 e. The van der Waals surface area contributed by atoms with Gasteiger partial charge in [-0.1, -0.05) is 6.07 Å². The molecule has 0 spiro atoms. The number of nitrogens with one attached hydrogen (secondary N) is 1. The van der Waals surface area contributed by atoms with E-state index in [9.17, 15) is 19.7 Å². The van der Waals surface area contributed by atoms with E-state index < -0.39 is 4.92 Å². The predicted octanol–water partition coefficient (Wildman–Crippen LogP) is 3.07. The van der Waals surface area contributed by atoms with Gasteiger partial charge in [0.25, 0.3) is 11.2 Å². The first-order chi connectivity index (χ1) is 15.0. The van der Waals surface area contributed by atoms with Gasteiger partial charge in [-0.15, -0.1) is 11.3 Å². The molecule has 0 fully saturated rings. The highest BCUT2D eigenvalue weighted by atomic mass is 32.1. The van der Waals surface area contributed by atoms with Crippen LogP contribution in [0.25, 0.3) is 21.7 Å². The van der Waals surface area contributed by atoms with Crippen LogP contribution in [0.1, 0.15) is 16.8 Å². The molecule has 0 bridgehead atoms. The molecule has 4 aromatic rings. The molecule has 0 atom stereocenters. The second kappa shape index (κ2) is 7.56. The Morgan fingerprint density at radius 3 is 2.94 bits per heavy atom. The minimum atomic E-state index is -0.545. The second-order valence-corrected chi connectivity index (χ2v) is 8.25. The summed E-state index contributed by atoms with van der Waals surface area (Å²) in [5.74, 6) is 0.573. The Balaban J connectivity index is 1.43. The van der Waals surface area contributed by atoms with Crippen molar-refractivity contribution in [1.29, 1.82) is 0 Å². The van der Waals surface area contributed by atoms with Gasteiger partial charge in [0.2, 0.25) is 0 Å². The highest BCUT2D eigenvalue weighted by molar-refractivity contribution is 7.13. The molecule has 0 aliphatic carbocycles. The molecule has 156 valence electrons. The zero-order valence-corrected chi connectivity index (χ0v) is 17.0. The van der Waals surface area contributed by atoms with Gasteiger partial charge in [0.1, 0.15) is 5.58 Å². The number of thiophene rings is 1. The van der Waals surface area contributed by atoms with Crippen molar-refractivity contribution < 1.29 is 9.34 Å². The number of rotatable bonds is 4. The van der Waals surface area contributed by atoms with Crippen LogP contribution >= 0.6 is 11.3 Å². The molecule has 1 N–H and O–H groups in total. The van der Waals surface area contributed by atoms with Crippen LogP contribution in [0, 0.1) is 10.1 Å². The fraction of sp³-hybridized carbons (Fsp3) is 0.190. The number of nitro benzene ring substituents is 1. The topological polar surface area (TPSA) is 122 Å². The third-order valence-electron chi connectivity index (χ3n) is 5.33. The highest BCUT2D eigenvalue weighted by Crippen LogP contribution is 2.23. The number of nitrogens with zero attached hydrogens (tertiary/aromatic N) is 3. The summed E-state index contributed by atoms with van der Waals surface area (Å²) in [4.78, 5) is 46.4. The molecule has 0 radical (unpaired) electrons. The molecule has 0 saturated carbocycles. The first kappa shape index (κ1) is 19.3. The Morgan fingerprint density at radius 2 is 2.16 bits per heavy atom. The minimum Gasteiger partial charge on any atom is -0.464 e. The van der Waals surface area contributed by atoms with Gasteiger partial charge in [-0.3, -0.25) is 24.6 Å². The summed E-state index contributed by atoms with van der Waals surface area (Å²) in [7, 11) is 0. The maximum absolute atomic E-state index is 12.9. The Kier molecular flexibility index (Phi) is 4.72. The molecule has 31 heavy (non-hydrogen) atoms. The lowest BCUT2D eigenvalue weighted by molar-refractivity contribution is -0.384. The first-order valence-electron chi connectivity index (χ1n) is 9.57. The Morgan fingerprint density at radius 1 is 1.29 bits per heavy atom. The number of nitro groups is 1. The average Bonchev–Trinajstić information content (AvgIpc) is 3.31. The average molecular weight is 436 g/mol. The van der Waals surface area contributed by atoms with Crippen LogP contribution < -0.4 is 11.0 Å². The van der Waals surface area contributed by atoms with Gasteiger partial charge < -0.3 is 9.40 Å². The van der Waals surface area contributed by atoms with E-state index in [-0.39, 0.29) is 28.6 Å². The lowest BCUT2D eigenvalue weighted by atomic mass is 10.1. The Hall–Kier alpha value is -3.63. The fourth-order valence-corrected chi connectivity index (χ4v) is 4.44. The number of fused-ring (bicyclic) bond motifs is 2. The van der Waals surface area contributed by atoms with Crippen molar-refractivity contribution in [3.63, 3.8) is 0 Å². The summed E-state index contributed by atoms with van der Waals surface area (Å²) in [6, 6.07) is 7.78. The van der Waals surface area contributed by atoms with Crippen molar-refractivity contribution in [3.05, 3.63) is 89.5 Å². The van der Waals surface area contributed by atoms with Crippen molar-refractivity contribution in [2.75, 3.05) is 6.54 Å². The van der Waals surface area contributed by atoms with Gasteiger partial charge in [-0.2, -0.15) is 0 Å². The van der Waals surface area contributed by atoms with Crippen LogP contribution in [0.3, 0.4) is 0 Å². The summed E-state index contributed by atoms with van der Waals surface area (Å²) in [6.07, 6.45) is 1.97. The SMILES string of the molecule is O=c1[nH]c(-c2cccs2)nc2c1CN(Cc1coc3ccc([N+](=O)[O-])cc3c1=O)CC2. The number of aromatic amines is 1. The first-order valence-corrected chi connectivity index (χ1v) is 10.4. The van der Waals surface area contributed by atoms with Crippen LogP contribution in [0.15, 0.2) is 56.0 Å². The van der Waals surface area contributed by atoms with Crippen molar-refractivity contribution >= 4 is 28.0 Å². The third-order valence-corrected chi connectivity index (χ3v) is 6.21. The smallest absolute Gasteiger partial charge is 0.270 e. The van der Waals surface area contributed by atoms with Gasteiger partial charge in [-0.05, 0) is 17.5 Å². The van der Waals surface area contributed by atoms with E-state index in [1.165, 1.54) is 35.8 Å². The molecule has 0 unspecified atom stereocenters. The Labute approximate surface area is 178 Å². The second-order valence-electron chi connectivity index (χ2n) is 7.31. The molecule has 5 rings (SSSR count). The lowest BCUT2D eigenvalue weighted by Gasteiger charge is -2.27. The van der Waals surface area contributed by atoms with E-state index in [0.717, 1.165) is 10.6 Å². The zero-order valence-electron chi connectivity index (χ0n) is 16.2. The number of non-ortho nitro benzene ring substituents is 1. The molecule has 1 aliphatic rings. The Bertz CT molecular complexity index is 1420. The number of H-pyrrole nitrogens is 1. The van der Waals surface area contributed by atoms with Crippen LogP contribution in [0.2, 0.25) is 0 Å². The molecule has 0 amide bonds. The molecule has 0 saturated heterocycles. The van der Waals surface area contributed by atoms with E-state index in [4.69, 9.17) is 4.42 Å². The molecule has 3 aromatic heterocycles. The molecule has 4 heterocycles. The molecule has 1 aliphatic heterocycles. The highest BCUT2D eigenvalue weighted by Gasteiger charge is 2.23. The van der Waals surface area contributed by atoms with E-state index >= 15 is 0 Å². The maximum Gasteiger partial charge on any atom is 0.270 e. The molecule has 9 nitrogen and oxygen atoms in total. The van der Waals surface area contributed by atoms with Crippen LogP contribution in [-0.4, -0.2) is 26.3 Å². The van der Waals surface area contributed by atoms with Crippen molar-refractivity contribution in [1.82, 2.24) is 14.9 Å².